The van der Waals surface area contributed by atoms with Crippen LogP contribution in [-0.4, -0.2) is 49.3 Å². The van der Waals surface area contributed by atoms with Crippen molar-refractivity contribution in [2.45, 2.75) is 187 Å². The van der Waals surface area contributed by atoms with E-state index in [1.807, 2.05) is 0 Å². The van der Waals surface area contributed by atoms with Gasteiger partial charge in [-0.1, -0.05) is 134 Å². The van der Waals surface area contributed by atoms with E-state index in [9.17, 15) is 19.0 Å². The summed E-state index contributed by atoms with van der Waals surface area (Å²) in [7, 11) is -4.37. The quantitative estimate of drug-likeness (QED) is 0.0279. The van der Waals surface area contributed by atoms with E-state index >= 15 is 0 Å². The highest BCUT2D eigenvalue weighted by Crippen LogP contribution is 2.43. The number of hydrogen-bond acceptors (Lipinski definition) is 8. The number of phosphoric acid groups is 1. The third-order valence-corrected chi connectivity index (χ3v) is 9.29. The molecule has 0 amide bonds. The van der Waals surface area contributed by atoms with E-state index < -0.39 is 26.5 Å². The van der Waals surface area contributed by atoms with Gasteiger partial charge in [0.1, 0.15) is 6.61 Å². The molecule has 0 aromatic carbocycles. The smallest absolute Gasteiger partial charge is 0.462 e. The maximum absolute atomic E-state index is 12.5. The maximum Gasteiger partial charge on any atom is 0.472 e. The first kappa shape index (κ1) is 47.5. The Morgan fingerprint density at radius 2 is 1.02 bits per heavy atom. The van der Waals surface area contributed by atoms with Crippen LogP contribution >= 0.6 is 7.82 Å². The van der Waals surface area contributed by atoms with Gasteiger partial charge in [-0.2, -0.15) is 0 Å². The van der Waals surface area contributed by atoms with Crippen LogP contribution in [0.5, 0.6) is 0 Å². The fraction of sp³-hybridized carbons (Fsp3) is 0.846. The van der Waals surface area contributed by atoms with Gasteiger partial charge < -0.3 is 20.1 Å². The summed E-state index contributed by atoms with van der Waals surface area (Å²) in [6.45, 7) is 3.67. The summed E-state index contributed by atoms with van der Waals surface area (Å²) in [5.74, 6) is -0.848. The Hall–Kier alpha value is -1.51. The van der Waals surface area contributed by atoms with Gasteiger partial charge in [0.2, 0.25) is 0 Å². The van der Waals surface area contributed by atoms with Crippen LogP contribution in [0.3, 0.4) is 0 Å². The van der Waals surface area contributed by atoms with Crippen LogP contribution in [0.4, 0.5) is 0 Å². The van der Waals surface area contributed by atoms with Gasteiger partial charge in [0.15, 0.2) is 6.10 Å². The Labute approximate surface area is 300 Å². The van der Waals surface area contributed by atoms with Gasteiger partial charge in [0, 0.05) is 19.4 Å². The molecule has 9 nitrogen and oxygen atoms in total. The summed E-state index contributed by atoms with van der Waals surface area (Å²) >= 11 is 0. The molecule has 3 N–H and O–H groups in total. The molecule has 0 radical (unpaired) electrons. The number of nitrogens with two attached hydrogens (primary N) is 1. The van der Waals surface area contributed by atoms with Crippen molar-refractivity contribution in [2.75, 3.05) is 26.4 Å². The van der Waals surface area contributed by atoms with E-state index in [1.165, 1.54) is 103 Å². The maximum atomic E-state index is 12.5. The highest BCUT2D eigenvalue weighted by atomic mass is 31.2. The predicted octanol–water partition coefficient (Wildman–Crippen LogP) is 10.8. The van der Waals surface area contributed by atoms with E-state index in [0.29, 0.717) is 6.42 Å². The van der Waals surface area contributed by atoms with Gasteiger partial charge in [0.05, 0.1) is 13.2 Å². The van der Waals surface area contributed by atoms with Crippen molar-refractivity contribution in [2.24, 2.45) is 5.73 Å². The van der Waals surface area contributed by atoms with Crippen LogP contribution in [-0.2, 0) is 32.7 Å². The van der Waals surface area contributed by atoms with Crippen molar-refractivity contribution in [3.8, 4) is 0 Å². The third-order valence-electron chi connectivity index (χ3n) is 8.31. The molecule has 49 heavy (non-hydrogen) atoms. The summed E-state index contributed by atoms with van der Waals surface area (Å²) in [5.41, 5.74) is 5.33. The summed E-state index contributed by atoms with van der Waals surface area (Å²) in [6.07, 6.45) is 36.3. The molecule has 0 aliphatic carbocycles. The molecule has 0 saturated heterocycles. The predicted molar refractivity (Wildman–Crippen MR) is 201 cm³/mol. The zero-order valence-electron chi connectivity index (χ0n) is 31.4. The van der Waals surface area contributed by atoms with Crippen molar-refractivity contribution in [1.82, 2.24) is 0 Å². The minimum absolute atomic E-state index is 0.0518. The molecule has 0 bridgehead atoms. The van der Waals surface area contributed by atoms with E-state index in [-0.39, 0.29) is 38.6 Å². The zero-order valence-corrected chi connectivity index (χ0v) is 32.3. The van der Waals surface area contributed by atoms with Gasteiger partial charge >= 0.3 is 19.8 Å². The van der Waals surface area contributed by atoms with Crippen LogP contribution in [0, 0.1) is 0 Å². The number of allylic oxidation sites excluding steroid dienone is 4. The Morgan fingerprint density at radius 1 is 0.592 bits per heavy atom. The fourth-order valence-electron chi connectivity index (χ4n) is 5.31. The van der Waals surface area contributed by atoms with Gasteiger partial charge in [-0.05, 0) is 57.8 Å². The lowest BCUT2D eigenvalue weighted by atomic mass is 10.1. The molecule has 2 atom stereocenters. The first-order valence-corrected chi connectivity index (χ1v) is 21.3. The van der Waals surface area contributed by atoms with E-state index in [1.54, 1.807) is 0 Å². The van der Waals surface area contributed by atoms with E-state index in [0.717, 1.165) is 44.9 Å². The molecule has 0 saturated carbocycles. The van der Waals surface area contributed by atoms with Gasteiger partial charge in [-0.15, -0.1) is 0 Å². The second kappa shape index (κ2) is 36.3. The molecule has 0 aliphatic rings. The van der Waals surface area contributed by atoms with Crippen LogP contribution in [0.25, 0.3) is 0 Å². The molecule has 0 fully saturated rings. The van der Waals surface area contributed by atoms with E-state index in [2.05, 4.69) is 38.2 Å². The minimum atomic E-state index is -4.37. The van der Waals surface area contributed by atoms with Crippen LogP contribution in [0.1, 0.15) is 181 Å². The molecule has 1 unspecified atom stereocenters. The molecule has 10 heteroatoms. The molecule has 0 spiro atoms. The average Bonchev–Trinajstić information content (AvgIpc) is 3.08. The fourth-order valence-corrected chi connectivity index (χ4v) is 6.08. The summed E-state index contributed by atoms with van der Waals surface area (Å²) < 4.78 is 32.6. The number of unbranched alkanes of at least 4 members (excludes halogenated alkanes) is 20. The van der Waals surface area contributed by atoms with Crippen LogP contribution in [0.2, 0.25) is 0 Å². The number of carbonyl (C=O) groups is 2. The summed E-state index contributed by atoms with van der Waals surface area (Å²) in [4.78, 5) is 34.7. The molecule has 0 aliphatic heterocycles. The summed E-state index contributed by atoms with van der Waals surface area (Å²) in [6, 6.07) is 0. The third kappa shape index (κ3) is 36.1. The highest BCUT2D eigenvalue weighted by molar-refractivity contribution is 7.47. The monoisotopic (exact) mass is 716 g/mol. The van der Waals surface area contributed by atoms with Gasteiger partial charge in [-0.25, -0.2) is 4.57 Å². The number of hydrogen-bond donors (Lipinski definition) is 2. The lowest BCUT2D eigenvalue weighted by Gasteiger charge is -2.19. The first-order valence-electron chi connectivity index (χ1n) is 19.8. The number of carbonyl (C=O) groups excluding carboxylic acids is 2. The van der Waals surface area contributed by atoms with Crippen LogP contribution < -0.4 is 5.73 Å². The standard InChI is InChI=1S/C39H74NO8P/c1-3-5-7-9-11-13-15-17-18-20-21-23-25-27-29-31-38(41)45-35-37(36-47-49(43,44)46-34-33-40)48-39(42)32-30-28-26-24-22-19-16-14-12-10-8-6-4-2/h9,11,19,22,37H,3-8,10,12-18,20-21,23-36,40H2,1-2H3,(H,43,44)/b11-9+,22-19+/t37-/m1/s1. The number of esters is 2. The topological polar surface area (TPSA) is 134 Å². The molecule has 0 heterocycles. The second-order valence-corrected chi connectivity index (χ2v) is 14.6. The molecular formula is C39H74NO8P. The van der Waals surface area contributed by atoms with Crippen molar-refractivity contribution < 1.29 is 37.6 Å². The number of phosphoric ester groups is 1. The molecule has 288 valence electrons. The molecule has 0 aromatic heterocycles. The van der Waals surface area contributed by atoms with Gasteiger partial charge in [-0.3, -0.25) is 18.6 Å². The van der Waals surface area contributed by atoms with E-state index in [4.69, 9.17) is 24.3 Å². The highest BCUT2D eigenvalue weighted by Gasteiger charge is 2.25. The molecule has 0 aromatic rings. The summed E-state index contributed by atoms with van der Waals surface area (Å²) in [5, 5.41) is 0. The second-order valence-electron chi connectivity index (χ2n) is 13.1. The SMILES string of the molecule is CCCC/C=C/CCCCCCCCCCCC(=O)OC[C@H](COP(=O)(O)OCCN)OC(=O)CCCCC/C=C/CCCCCCCC. The first-order chi connectivity index (χ1) is 23.8. The minimum Gasteiger partial charge on any atom is -0.462 e. The van der Waals surface area contributed by atoms with Crippen molar-refractivity contribution in [3.05, 3.63) is 24.3 Å². The molecule has 0 rings (SSSR count). The lowest BCUT2D eigenvalue weighted by molar-refractivity contribution is -0.161. The van der Waals surface area contributed by atoms with Crippen molar-refractivity contribution in [1.29, 1.82) is 0 Å². The molecular weight excluding hydrogens is 641 g/mol. The van der Waals surface area contributed by atoms with Gasteiger partial charge in [0.25, 0.3) is 0 Å². The largest absolute Gasteiger partial charge is 0.472 e. The van der Waals surface area contributed by atoms with Crippen LogP contribution in [0.15, 0.2) is 24.3 Å². The van der Waals surface area contributed by atoms with Crippen molar-refractivity contribution in [3.63, 3.8) is 0 Å². The Morgan fingerprint density at radius 3 is 1.53 bits per heavy atom. The number of rotatable bonds is 37. The Balaban J connectivity index is 4.21. The zero-order chi connectivity index (χ0) is 36.1. The normalized spacial score (nSPS) is 13.6. The Bertz CT molecular complexity index is 866. The number of ether oxygens (including phenoxy) is 2. The Kier molecular flexibility index (Phi) is 35.2. The lowest BCUT2D eigenvalue weighted by Crippen LogP contribution is -2.29. The van der Waals surface area contributed by atoms with Crippen molar-refractivity contribution >= 4 is 19.8 Å². The average molecular weight is 716 g/mol.